The average Bonchev–Trinajstić information content (AvgIpc) is 2.64. The number of halogens is 3. The molecule has 1 aromatic heterocycles. The van der Waals surface area contributed by atoms with Gasteiger partial charge in [-0.1, -0.05) is 0 Å². The van der Waals surface area contributed by atoms with Gasteiger partial charge in [0.05, 0.1) is 44.2 Å². The van der Waals surface area contributed by atoms with E-state index in [1.807, 2.05) is 0 Å². The summed E-state index contributed by atoms with van der Waals surface area (Å²) in [6, 6.07) is -0.824. The van der Waals surface area contributed by atoms with Crippen molar-refractivity contribution >= 4 is 11.6 Å². The number of alkyl halides is 3. The first-order chi connectivity index (χ1) is 13.2. The minimum absolute atomic E-state index is 0.0301. The van der Waals surface area contributed by atoms with Crippen molar-refractivity contribution in [2.24, 2.45) is 0 Å². The third-order valence-electron chi connectivity index (χ3n) is 4.25. The van der Waals surface area contributed by atoms with Crippen molar-refractivity contribution in [1.82, 2.24) is 20.4 Å². The number of amides is 1. The van der Waals surface area contributed by atoms with Crippen molar-refractivity contribution in [2.45, 2.75) is 31.6 Å². The number of ether oxygens (including phenoxy) is 1. The summed E-state index contributed by atoms with van der Waals surface area (Å²) in [7, 11) is 0. The smallest absolute Gasteiger partial charge is 0.394 e. The van der Waals surface area contributed by atoms with Crippen LogP contribution in [0, 0.1) is 0 Å². The maximum absolute atomic E-state index is 13.0. The highest BCUT2D eigenvalue weighted by Crippen LogP contribution is 2.31. The zero-order valence-electron chi connectivity index (χ0n) is 15.4. The van der Waals surface area contributed by atoms with E-state index in [2.05, 4.69) is 15.7 Å². The van der Waals surface area contributed by atoms with Gasteiger partial charge in [0, 0.05) is 25.7 Å². The molecule has 0 bridgehead atoms. The van der Waals surface area contributed by atoms with Crippen LogP contribution >= 0.6 is 0 Å². The number of H-pyrrole nitrogens is 1. The molecule has 2 atom stereocenters. The molecule has 2 heterocycles. The number of aliphatic hydroxyl groups is 1. The Morgan fingerprint density at radius 2 is 2.29 bits per heavy atom. The predicted octanol–water partition coefficient (Wildman–Crippen LogP) is -0.211. The van der Waals surface area contributed by atoms with Gasteiger partial charge in [-0.25, -0.2) is 5.10 Å². The highest BCUT2D eigenvalue weighted by molar-refractivity contribution is 5.76. The summed E-state index contributed by atoms with van der Waals surface area (Å²) >= 11 is 0. The molecular weight excluding hydrogens is 383 g/mol. The molecule has 158 valence electrons. The SMILES string of the molecule is CC(COCCC(=O)N1CCNCC1CO)Nc1cn[nH]c(=O)c1C(F)(F)F. The Labute approximate surface area is 159 Å². The van der Waals surface area contributed by atoms with Gasteiger partial charge in [0.1, 0.15) is 5.56 Å². The van der Waals surface area contributed by atoms with E-state index in [9.17, 15) is 27.9 Å². The monoisotopic (exact) mass is 407 g/mol. The van der Waals surface area contributed by atoms with E-state index >= 15 is 0 Å². The zero-order valence-corrected chi connectivity index (χ0v) is 15.4. The van der Waals surface area contributed by atoms with E-state index < -0.39 is 29.0 Å². The lowest BCUT2D eigenvalue weighted by Crippen LogP contribution is -2.55. The number of rotatable bonds is 8. The number of aromatic amines is 1. The molecule has 1 aliphatic rings. The molecule has 4 N–H and O–H groups in total. The van der Waals surface area contributed by atoms with Crippen LogP contribution in [0.1, 0.15) is 18.9 Å². The molecule has 1 aliphatic heterocycles. The summed E-state index contributed by atoms with van der Waals surface area (Å²) in [5.74, 6) is -0.153. The van der Waals surface area contributed by atoms with Crippen LogP contribution in [-0.2, 0) is 15.7 Å². The lowest BCUT2D eigenvalue weighted by Gasteiger charge is -2.35. The van der Waals surface area contributed by atoms with Crippen LogP contribution in [0.3, 0.4) is 0 Å². The van der Waals surface area contributed by atoms with Crippen LogP contribution in [0.15, 0.2) is 11.0 Å². The average molecular weight is 407 g/mol. The number of aromatic nitrogens is 2. The molecule has 1 fully saturated rings. The summed E-state index contributed by atoms with van der Waals surface area (Å²) in [4.78, 5) is 25.2. The first-order valence-corrected chi connectivity index (χ1v) is 8.84. The van der Waals surface area contributed by atoms with E-state index in [1.165, 1.54) is 0 Å². The van der Waals surface area contributed by atoms with Gasteiger partial charge in [-0.15, -0.1) is 0 Å². The van der Waals surface area contributed by atoms with E-state index in [4.69, 9.17) is 4.74 Å². The Hall–Kier alpha value is -2.18. The molecule has 28 heavy (non-hydrogen) atoms. The van der Waals surface area contributed by atoms with Gasteiger partial charge in [0.15, 0.2) is 0 Å². The summed E-state index contributed by atoms with van der Waals surface area (Å²) in [5.41, 5.74) is -3.11. The first-order valence-electron chi connectivity index (χ1n) is 8.84. The number of nitrogens with one attached hydrogen (secondary N) is 3. The summed E-state index contributed by atoms with van der Waals surface area (Å²) in [5, 5.41) is 20.1. The third-order valence-corrected chi connectivity index (χ3v) is 4.25. The van der Waals surface area contributed by atoms with Gasteiger partial charge in [-0.05, 0) is 6.92 Å². The number of aliphatic hydroxyl groups excluding tert-OH is 1. The van der Waals surface area contributed by atoms with Crippen molar-refractivity contribution in [3.63, 3.8) is 0 Å². The number of carbonyl (C=O) groups excluding carboxylic acids is 1. The van der Waals surface area contributed by atoms with Crippen molar-refractivity contribution < 1.29 is 27.8 Å². The van der Waals surface area contributed by atoms with E-state index in [-0.39, 0.29) is 38.2 Å². The van der Waals surface area contributed by atoms with Gasteiger partial charge in [0.25, 0.3) is 5.56 Å². The normalized spacial score (nSPS) is 18.8. The van der Waals surface area contributed by atoms with Crippen LogP contribution in [-0.4, -0.2) is 77.6 Å². The first kappa shape index (κ1) is 22.1. The van der Waals surface area contributed by atoms with Gasteiger partial charge in [0.2, 0.25) is 5.91 Å². The van der Waals surface area contributed by atoms with Crippen molar-refractivity contribution in [2.75, 3.05) is 44.8 Å². The lowest BCUT2D eigenvalue weighted by atomic mass is 10.2. The molecule has 2 unspecified atom stereocenters. The number of hydrogen-bond donors (Lipinski definition) is 4. The minimum atomic E-state index is -4.82. The fraction of sp³-hybridized carbons (Fsp3) is 0.688. The second-order valence-corrected chi connectivity index (χ2v) is 6.48. The molecule has 0 saturated carbocycles. The molecule has 12 heteroatoms. The highest BCUT2D eigenvalue weighted by atomic mass is 19.4. The topological polar surface area (TPSA) is 120 Å². The highest BCUT2D eigenvalue weighted by Gasteiger charge is 2.37. The van der Waals surface area contributed by atoms with Gasteiger partial charge >= 0.3 is 6.18 Å². The number of nitrogens with zero attached hydrogens (tertiary/aromatic N) is 2. The van der Waals surface area contributed by atoms with Crippen LogP contribution in [0.5, 0.6) is 0 Å². The molecule has 1 aromatic rings. The number of piperazine rings is 1. The second kappa shape index (κ2) is 9.85. The molecule has 1 amide bonds. The minimum Gasteiger partial charge on any atom is -0.394 e. The van der Waals surface area contributed by atoms with Crippen molar-refractivity contribution in [1.29, 1.82) is 0 Å². The Kier molecular flexibility index (Phi) is 7.78. The third kappa shape index (κ3) is 5.91. The standard InChI is InChI=1S/C16H24F3N5O4/c1-10(22-12-7-21-23-15(27)14(12)16(17,18)19)9-28-5-2-13(26)24-4-3-20-6-11(24)8-25/h7,10-11,20,25H,2-6,8-9H2,1H3,(H2,22,23,27). The van der Waals surface area contributed by atoms with Gasteiger partial charge < -0.3 is 25.4 Å². The van der Waals surface area contributed by atoms with E-state index in [0.29, 0.717) is 19.6 Å². The Balaban J connectivity index is 1.81. The molecule has 0 aromatic carbocycles. The molecule has 0 spiro atoms. The number of carbonyl (C=O) groups is 1. The molecule has 0 aliphatic carbocycles. The van der Waals surface area contributed by atoms with Crippen molar-refractivity contribution in [3.05, 3.63) is 22.1 Å². The van der Waals surface area contributed by atoms with Crippen LogP contribution in [0.4, 0.5) is 18.9 Å². The van der Waals surface area contributed by atoms with E-state index in [1.54, 1.807) is 16.9 Å². The van der Waals surface area contributed by atoms with Gasteiger partial charge in [-0.3, -0.25) is 9.59 Å². The summed E-state index contributed by atoms with van der Waals surface area (Å²) < 4.78 is 44.4. The van der Waals surface area contributed by atoms with Crippen LogP contribution < -0.4 is 16.2 Å². The maximum Gasteiger partial charge on any atom is 0.423 e. The summed E-state index contributed by atoms with van der Waals surface area (Å²) in [6.07, 6.45) is -3.83. The fourth-order valence-electron chi connectivity index (χ4n) is 2.91. The molecule has 0 radical (unpaired) electrons. The summed E-state index contributed by atoms with van der Waals surface area (Å²) in [6.45, 7) is 3.24. The Morgan fingerprint density at radius 1 is 1.54 bits per heavy atom. The molecule has 1 saturated heterocycles. The van der Waals surface area contributed by atoms with Crippen molar-refractivity contribution in [3.8, 4) is 0 Å². The Morgan fingerprint density at radius 3 is 2.96 bits per heavy atom. The number of hydrogen-bond acceptors (Lipinski definition) is 7. The fourth-order valence-corrected chi connectivity index (χ4v) is 2.91. The lowest BCUT2D eigenvalue weighted by molar-refractivity contribution is -0.138. The predicted molar refractivity (Wildman–Crippen MR) is 93.8 cm³/mol. The second-order valence-electron chi connectivity index (χ2n) is 6.48. The zero-order chi connectivity index (χ0) is 20.7. The number of anilines is 1. The maximum atomic E-state index is 13.0. The molecule has 9 nitrogen and oxygen atoms in total. The molecule has 2 rings (SSSR count). The van der Waals surface area contributed by atoms with E-state index in [0.717, 1.165) is 6.20 Å². The largest absolute Gasteiger partial charge is 0.423 e. The van der Waals surface area contributed by atoms with Crippen LogP contribution in [0.25, 0.3) is 0 Å². The molecular formula is C16H24F3N5O4. The van der Waals surface area contributed by atoms with Gasteiger partial charge in [-0.2, -0.15) is 18.3 Å². The quantitative estimate of drug-likeness (QED) is 0.440. The van der Waals surface area contributed by atoms with Crippen LogP contribution in [0.2, 0.25) is 0 Å². The Bertz CT molecular complexity index is 712.